The van der Waals surface area contributed by atoms with Gasteiger partial charge in [0.25, 0.3) is 5.91 Å². The smallest absolute Gasteiger partial charge is 0.270 e. The number of pyridine rings is 1. The normalized spacial score (nSPS) is 9.80. The van der Waals surface area contributed by atoms with Gasteiger partial charge in [-0.2, -0.15) is 0 Å². The van der Waals surface area contributed by atoms with E-state index in [0.29, 0.717) is 5.69 Å². The van der Waals surface area contributed by atoms with Gasteiger partial charge in [0.05, 0.1) is 6.61 Å². The van der Waals surface area contributed by atoms with Gasteiger partial charge < -0.3 is 15.3 Å². The first-order valence-corrected chi connectivity index (χ1v) is 4.68. The number of hydrogen-bond donors (Lipinski definition) is 2. The Bertz CT molecular complexity index is 339. The zero-order valence-electron chi connectivity index (χ0n) is 8.90. The number of anilines is 1. The summed E-state index contributed by atoms with van der Waals surface area (Å²) in [5.74, 6) is 0.458. The Morgan fingerprint density at radius 1 is 1.53 bits per heavy atom. The number of aromatic nitrogens is 1. The molecule has 1 aromatic heterocycles. The van der Waals surface area contributed by atoms with Gasteiger partial charge in [0.15, 0.2) is 0 Å². The lowest BCUT2D eigenvalue weighted by molar-refractivity contribution is 0.0940. The molecule has 82 valence electrons. The molecule has 1 rings (SSSR count). The van der Waals surface area contributed by atoms with Crippen LogP contribution < -0.4 is 10.2 Å². The number of nitrogens with one attached hydrogen (secondary N) is 1. The molecular weight excluding hydrogens is 194 g/mol. The lowest BCUT2D eigenvalue weighted by atomic mass is 10.3. The fourth-order valence-electron chi connectivity index (χ4n) is 1.06. The van der Waals surface area contributed by atoms with Crippen LogP contribution in [-0.4, -0.2) is 43.2 Å². The van der Waals surface area contributed by atoms with Crippen molar-refractivity contribution in [3.05, 3.63) is 23.9 Å². The summed E-state index contributed by atoms with van der Waals surface area (Å²) in [5.41, 5.74) is 0.356. The molecule has 0 bridgehead atoms. The highest BCUT2D eigenvalue weighted by Crippen LogP contribution is 2.07. The average molecular weight is 209 g/mol. The zero-order valence-corrected chi connectivity index (χ0v) is 8.90. The van der Waals surface area contributed by atoms with Crippen molar-refractivity contribution in [3.63, 3.8) is 0 Å². The van der Waals surface area contributed by atoms with E-state index in [1.165, 1.54) is 0 Å². The minimum absolute atomic E-state index is 0.0703. The van der Waals surface area contributed by atoms with E-state index in [1.807, 2.05) is 25.1 Å². The van der Waals surface area contributed by atoms with E-state index in [-0.39, 0.29) is 19.1 Å². The van der Waals surface area contributed by atoms with Gasteiger partial charge >= 0.3 is 0 Å². The fourth-order valence-corrected chi connectivity index (χ4v) is 1.06. The Morgan fingerprint density at radius 2 is 2.27 bits per heavy atom. The molecule has 15 heavy (non-hydrogen) atoms. The summed E-state index contributed by atoms with van der Waals surface area (Å²) in [6, 6.07) is 5.23. The second kappa shape index (κ2) is 5.31. The lowest BCUT2D eigenvalue weighted by Crippen LogP contribution is -2.27. The first-order valence-electron chi connectivity index (χ1n) is 4.68. The number of aliphatic hydroxyl groups is 1. The van der Waals surface area contributed by atoms with Gasteiger partial charge in [-0.1, -0.05) is 6.07 Å². The van der Waals surface area contributed by atoms with Gasteiger partial charge in [0.1, 0.15) is 11.5 Å². The number of hydrogen-bond acceptors (Lipinski definition) is 4. The Labute approximate surface area is 88.7 Å². The van der Waals surface area contributed by atoms with Gasteiger partial charge in [0, 0.05) is 20.6 Å². The molecule has 1 aromatic rings. The largest absolute Gasteiger partial charge is 0.395 e. The Morgan fingerprint density at radius 3 is 2.87 bits per heavy atom. The van der Waals surface area contributed by atoms with E-state index in [4.69, 9.17) is 5.11 Å². The molecule has 0 aliphatic heterocycles. The van der Waals surface area contributed by atoms with Crippen molar-refractivity contribution in [1.82, 2.24) is 10.3 Å². The summed E-state index contributed by atoms with van der Waals surface area (Å²) >= 11 is 0. The Balaban J connectivity index is 2.76. The van der Waals surface area contributed by atoms with Crippen molar-refractivity contribution < 1.29 is 9.90 Å². The van der Waals surface area contributed by atoms with Crippen molar-refractivity contribution in [2.75, 3.05) is 32.1 Å². The standard InChI is InChI=1S/C10H15N3O2/c1-13(2)9-5-3-4-8(12-9)10(15)11-6-7-14/h3-5,14H,6-7H2,1-2H3,(H,11,15). The second-order valence-electron chi connectivity index (χ2n) is 3.25. The second-order valence-corrected chi connectivity index (χ2v) is 3.25. The highest BCUT2D eigenvalue weighted by molar-refractivity contribution is 5.92. The molecule has 0 aliphatic rings. The lowest BCUT2D eigenvalue weighted by Gasteiger charge is -2.11. The SMILES string of the molecule is CN(C)c1cccc(C(=O)NCCO)n1. The van der Waals surface area contributed by atoms with Gasteiger partial charge in [-0.3, -0.25) is 4.79 Å². The van der Waals surface area contributed by atoms with Gasteiger partial charge in [-0.15, -0.1) is 0 Å². The van der Waals surface area contributed by atoms with Crippen molar-refractivity contribution in [2.45, 2.75) is 0 Å². The molecule has 0 aromatic carbocycles. The van der Waals surface area contributed by atoms with Crippen LogP contribution in [0, 0.1) is 0 Å². The Kier molecular flexibility index (Phi) is 4.05. The molecule has 1 heterocycles. The maximum absolute atomic E-state index is 11.5. The summed E-state index contributed by atoms with van der Waals surface area (Å²) in [4.78, 5) is 17.5. The summed E-state index contributed by atoms with van der Waals surface area (Å²) < 4.78 is 0. The third-order valence-electron chi connectivity index (χ3n) is 1.82. The highest BCUT2D eigenvalue weighted by Gasteiger charge is 2.07. The van der Waals surface area contributed by atoms with Crippen LogP contribution in [0.15, 0.2) is 18.2 Å². The fraction of sp³-hybridized carbons (Fsp3) is 0.400. The summed E-state index contributed by atoms with van der Waals surface area (Å²) in [6.45, 7) is 0.172. The molecule has 5 heteroatoms. The van der Waals surface area contributed by atoms with E-state index in [0.717, 1.165) is 5.82 Å². The van der Waals surface area contributed by atoms with Crippen LogP contribution in [0.4, 0.5) is 5.82 Å². The average Bonchev–Trinajstić information content (AvgIpc) is 2.26. The zero-order chi connectivity index (χ0) is 11.3. The molecule has 1 amide bonds. The molecule has 0 atom stereocenters. The third-order valence-corrected chi connectivity index (χ3v) is 1.82. The van der Waals surface area contributed by atoms with Gasteiger partial charge in [-0.05, 0) is 12.1 Å². The summed E-state index contributed by atoms with van der Waals surface area (Å²) in [6.07, 6.45) is 0. The quantitative estimate of drug-likeness (QED) is 0.725. The molecule has 0 radical (unpaired) electrons. The molecule has 5 nitrogen and oxygen atoms in total. The van der Waals surface area contributed by atoms with Crippen molar-refractivity contribution >= 4 is 11.7 Å². The van der Waals surface area contributed by atoms with Crippen LogP contribution in [0.5, 0.6) is 0 Å². The molecule has 0 unspecified atom stereocenters. The van der Waals surface area contributed by atoms with Crippen LogP contribution in [0.2, 0.25) is 0 Å². The van der Waals surface area contributed by atoms with Crippen LogP contribution in [0.25, 0.3) is 0 Å². The predicted molar refractivity (Wildman–Crippen MR) is 58.0 cm³/mol. The Hall–Kier alpha value is -1.62. The maximum Gasteiger partial charge on any atom is 0.270 e. The number of carbonyl (C=O) groups excluding carboxylic acids is 1. The van der Waals surface area contributed by atoms with E-state index in [2.05, 4.69) is 10.3 Å². The van der Waals surface area contributed by atoms with E-state index < -0.39 is 0 Å². The molecule has 0 aliphatic carbocycles. The first kappa shape index (κ1) is 11.5. The van der Waals surface area contributed by atoms with Crippen LogP contribution in [0.1, 0.15) is 10.5 Å². The van der Waals surface area contributed by atoms with Crippen LogP contribution in [-0.2, 0) is 0 Å². The van der Waals surface area contributed by atoms with E-state index in [9.17, 15) is 4.79 Å². The van der Waals surface area contributed by atoms with Gasteiger partial charge in [-0.25, -0.2) is 4.98 Å². The topological polar surface area (TPSA) is 65.5 Å². The number of rotatable bonds is 4. The minimum atomic E-state index is -0.271. The number of carbonyl (C=O) groups is 1. The molecule has 2 N–H and O–H groups in total. The molecule has 0 fully saturated rings. The molecule has 0 spiro atoms. The van der Waals surface area contributed by atoms with Crippen molar-refractivity contribution in [1.29, 1.82) is 0 Å². The summed E-state index contributed by atoms with van der Waals surface area (Å²) in [7, 11) is 3.72. The van der Waals surface area contributed by atoms with Crippen LogP contribution in [0.3, 0.4) is 0 Å². The predicted octanol–water partition coefficient (Wildman–Crippen LogP) is -0.130. The van der Waals surface area contributed by atoms with Crippen LogP contribution >= 0.6 is 0 Å². The molecule has 0 saturated carbocycles. The summed E-state index contributed by atoms with van der Waals surface area (Å²) in [5, 5.41) is 11.1. The number of nitrogens with zero attached hydrogens (tertiary/aromatic N) is 2. The van der Waals surface area contributed by atoms with Crippen molar-refractivity contribution in [2.24, 2.45) is 0 Å². The first-order chi connectivity index (χ1) is 7.15. The minimum Gasteiger partial charge on any atom is -0.395 e. The number of aliphatic hydroxyl groups excluding tert-OH is 1. The third kappa shape index (κ3) is 3.21. The van der Waals surface area contributed by atoms with E-state index in [1.54, 1.807) is 12.1 Å². The molecule has 0 saturated heterocycles. The molecular formula is C10H15N3O2. The number of amides is 1. The van der Waals surface area contributed by atoms with Gasteiger partial charge in [0.2, 0.25) is 0 Å². The monoisotopic (exact) mass is 209 g/mol. The highest BCUT2D eigenvalue weighted by atomic mass is 16.3. The van der Waals surface area contributed by atoms with E-state index >= 15 is 0 Å². The maximum atomic E-state index is 11.5. The van der Waals surface area contributed by atoms with Crippen molar-refractivity contribution in [3.8, 4) is 0 Å².